The van der Waals surface area contributed by atoms with Crippen LogP contribution in [0.2, 0.25) is 0 Å². The number of para-hydroxylation sites is 1. The molecule has 0 bridgehead atoms. The van der Waals surface area contributed by atoms with Crippen molar-refractivity contribution in [1.29, 1.82) is 0 Å². The summed E-state index contributed by atoms with van der Waals surface area (Å²) >= 11 is 1.17. The van der Waals surface area contributed by atoms with Crippen molar-refractivity contribution in [3.05, 3.63) is 44.6 Å². The fourth-order valence-corrected chi connectivity index (χ4v) is 3.25. The number of carbonyl (C=O) groups is 1. The summed E-state index contributed by atoms with van der Waals surface area (Å²) in [5.41, 5.74) is 2.80. The van der Waals surface area contributed by atoms with E-state index in [4.69, 9.17) is 0 Å². The molecule has 0 radical (unpaired) electrons. The molecule has 124 valence electrons. The number of nitrogens with one attached hydrogen (secondary N) is 1. The van der Waals surface area contributed by atoms with Crippen molar-refractivity contribution >= 4 is 17.6 Å². The number of nitrogens with zero attached hydrogens (tertiary/aromatic N) is 3. The molecule has 23 heavy (non-hydrogen) atoms. The first-order valence-corrected chi connectivity index (χ1v) is 8.53. The predicted molar refractivity (Wildman–Crippen MR) is 92.3 cm³/mol. The largest absolute Gasteiger partial charge is 0.344 e. The molecule has 0 spiro atoms. The smallest absolute Gasteiger partial charge is 0.336 e. The summed E-state index contributed by atoms with van der Waals surface area (Å²) in [5.74, 6) is 0. The van der Waals surface area contributed by atoms with Crippen LogP contribution in [0.25, 0.3) is 5.69 Å². The number of rotatable bonds is 4. The maximum atomic E-state index is 12.6. The van der Waals surface area contributed by atoms with Crippen LogP contribution in [0.4, 0.5) is 4.79 Å². The van der Waals surface area contributed by atoms with Crippen molar-refractivity contribution in [2.75, 3.05) is 6.54 Å². The summed E-state index contributed by atoms with van der Waals surface area (Å²) in [6.07, 6.45) is 1.60. The van der Waals surface area contributed by atoms with Gasteiger partial charge in [0.1, 0.15) is 0 Å². The van der Waals surface area contributed by atoms with Gasteiger partial charge >= 0.3 is 11.7 Å². The Morgan fingerprint density at radius 1 is 1.22 bits per heavy atom. The molecule has 1 aromatic carbocycles. The Kier molecular flexibility index (Phi) is 5.54. The van der Waals surface area contributed by atoms with E-state index in [1.807, 2.05) is 25.1 Å². The van der Waals surface area contributed by atoms with E-state index in [-0.39, 0.29) is 5.69 Å². The Balaban J connectivity index is 2.80. The average Bonchev–Trinajstić information content (AvgIpc) is 2.80. The first kappa shape index (κ1) is 17.2. The SMILES string of the molecule is CCNC(=O)/N=c1\sn(C)c(=O)n1-c1c(CC)cccc1CC. The van der Waals surface area contributed by atoms with E-state index in [2.05, 4.69) is 24.2 Å². The van der Waals surface area contributed by atoms with E-state index >= 15 is 0 Å². The molecule has 2 amide bonds. The zero-order valence-electron chi connectivity index (χ0n) is 13.9. The van der Waals surface area contributed by atoms with Gasteiger partial charge in [0.25, 0.3) is 0 Å². The topological polar surface area (TPSA) is 68.4 Å². The maximum Gasteiger partial charge on any atom is 0.344 e. The lowest BCUT2D eigenvalue weighted by molar-refractivity contribution is 0.249. The molecule has 1 aromatic heterocycles. The van der Waals surface area contributed by atoms with Crippen LogP contribution in [-0.2, 0) is 19.9 Å². The van der Waals surface area contributed by atoms with Crippen molar-refractivity contribution < 1.29 is 4.79 Å². The highest BCUT2D eigenvalue weighted by molar-refractivity contribution is 7.03. The molecular formula is C16H22N4O2S. The second-order valence-electron chi connectivity index (χ2n) is 5.07. The summed E-state index contributed by atoms with van der Waals surface area (Å²) in [5, 5.41) is 2.64. The van der Waals surface area contributed by atoms with Gasteiger partial charge in [-0.15, -0.1) is 0 Å². The van der Waals surface area contributed by atoms with E-state index in [0.717, 1.165) is 29.7 Å². The predicted octanol–water partition coefficient (Wildman–Crippen LogP) is 1.99. The van der Waals surface area contributed by atoms with Crippen LogP contribution >= 0.6 is 11.5 Å². The maximum absolute atomic E-state index is 12.6. The highest BCUT2D eigenvalue weighted by atomic mass is 32.1. The number of amides is 2. The molecule has 0 fully saturated rings. The molecule has 1 heterocycles. The van der Waals surface area contributed by atoms with Gasteiger partial charge in [-0.25, -0.2) is 18.1 Å². The van der Waals surface area contributed by atoms with Crippen LogP contribution < -0.4 is 15.8 Å². The molecule has 2 rings (SSSR count). The molecule has 0 saturated carbocycles. The summed E-state index contributed by atoms with van der Waals surface area (Å²) in [7, 11) is 1.68. The van der Waals surface area contributed by atoms with Gasteiger partial charge in [0.2, 0.25) is 4.80 Å². The van der Waals surface area contributed by atoms with Gasteiger partial charge in [0.05, 0.1) is 5.69 Å². The summed E-state index contributed by atoms with van der Waals surface area (Å²) < 4.78 is 3.04. The van der Waals surface area contributed by atoms with Gasteiger partial charge in [0.15, 0.2) is 0 Å². The number of hydrogen-bond acceptors (Lipinski definition) is 3. The molecule has 7 heteroatoms. The van der Waals surface area contributed by atoms with Crippen LogP contribution in [0, 0.1) is 0 Å². The normalized spacial score (nSPS) is 11.7. The van der Waals surface area contributed by atoms with E-state index in [0.29, 0.717) is 11.3 Å². The fourth-order valence-electron chi connectivity index (χ4n) is 2.47. The molecular weight excluding hydrogens is 312 g/mol. The molecule has 0 atom stereocenters. The second-order valence-corrected chi connectivity index (χ2v) is 6.16. The first-order valence-electron chi connectivity index (χ1n) is 7.76. The Labute approximate surface area is 139 Å². The minimum Gasteiger partial charge on any atom is -0.336 e. The molecule has 0 aliphatic rings. The van der Waals surface area contributed by atoms with Gasteiger partial charge in [-0.1, -0.05) is 32.0 Å². The monoisotopic (exact) mass is 334 g/mol. The van der Waals surface area contributed by atoms with Gasteiger partial charge in [0, 0.05) is 13.6 Å². The standard InChI is InChI=1S/C16H22N4O2S/c1-5-11-9-8-10-12(6-2)13(11)20-15(18-14(21)17-7-3)23-19(4)16(20)22/h8-10H,5-7H2,1-4H3,(H,17,21)/b18-15-. The molecule has 6 nitrogen and oxygen atoms in total. The van der Waals surface area contributed by atoms with E-state index in [1.165, 1.54) is 15.5 Å². The average molecular weight is 334 g/mol. The fraction of sp³-hybridized carbons (Fsp3) is 0.438. The van der Waals surface area contributed by atoms with Gasteiger partial charge in [-0.3, -0.25) is 0 Å². The summed E-state index contributed by atoms with van der Waals surface area (Å²) in [4.78, 5) is 28.9. The Morgan fingerprint density at radius 3 is 2.35 bits per heavy atom. The van der Waals surface area contributed by atoms with E-state index < -0.39 is 6.03 Å². The van der Waals surface area contributed by atoms with E-state index in [9.17, 15) is 9.59 Å². The van der Waals surface area contributed by atoms with Gasteiger partial charge < -0.3 is 5.32 Å². The van der Waals surface area contributed by atoms with Crippen LogP contribution in [0.1, 0.15) is 31.9 Å². The minimum absolute atomic E-state index is 0.186. The number of carbonyl (C=O) groups excluding carboxylic acids is 1. The van der Waals surface area contributed by atoms with Crippen molar-refractivity contribution in [3.8, 4) is 5.69 Å². The number of urea groups is 1. The highest BCUT2D eigenvalue weighted by Crippen LogP contribution is 2.19. The molecule has 0 aliphatic carbocycles. The first-order chi connectivity index (χ1) is 11.0. The zero-order valence-corrected chi connectivity index (χ0v) is 14.7. The Bertz CT molecular complexity index is 807. The van der Waals surface area contributed by atoms with Crippen LogP contribution in [-0.4, -0.2) is 21.1 Å². The number of aromatic nitrogens is 2. The lowest BCUT2D eigenvalue weighted by atomic mass is 10.0. The number of aryl methyl sites for hydroxylation is 3. The molecule has 2 aromatic rings. The van der Waals surface area contributed by atoms with Crippen LogP contribution in [0.5, 0.6) is 0 Å². The van der Waals surface area contributed by atoms with Crippen LogP contribution in [0.3, 0.4) is 0 Å². The molecule has 0 unspecified atom stereocenters. The zero-order chi connectivity index (χ0) is 17.0. The lowest BCUT2D eigenvalue weighted by Crippen LogP contribution is -2.31. The quantitative estimate of drug-likeness (QED) is 0.929. The summed E-state index contributed by atoms with van der Waals surface area (Å²) in [6.45, 7) is 6.43. The van der Waals surface area contributed by atoms with Crippen molar-refractivity contribution in [2.45, 2.75) is 33.6 Å². The van der Waals surface area contributed by atoms with Gasteiger partial charge in [-0.05, 0) is 42.4 Å². The van der Waals surface area contributed by atoms with E-state index in [1.54, 1.807) is 11.6 Å². The summed E-state index contributed by atoms with van der Waals surface area (Å²) in [6, 6.07) is 5.58. The highest BCUT2D eigenvalue weighted by Gasteiger charge is 2.15. The minimum atomic E-state index is -0.435. The molecule has 1 N–H and O–H groups in total. The van der Waals surface area contributed by atoms with Crippen molar-refractivity contribution in [3.63, 3.8) is 0 Å². The second kappa shape index (κ2) is 7.41. The third-order valence-electron chi connectivity index (χ3n) is 3.58. The molecule has 0 aliphatic heterocycles. The van der Waals surface area contributed by atoms with Crippen molar-refractivity contribution in [1.82, 2.24) is 13.8 Å². The number of hydrogen-bond donors (Lipinski definition) is 1. The Morgan fingerprint density at radius 2 is 1.83 bits per heavy atom. The lowest BCUT2D eigenvalue weighted by Gasteiger charge is -2.12. The van der Waals surface area contributed by atoms with Crippen molar-refractivity contribution in [2.24, 2.45) is 12.0 Å². The third kappa shape index (κ3) is 3.44. The molecule has 0 saturated heterocycles. The number of benzene rings is 1. The third-order valence-corrected chi connectivity index (χ3v) is 4.45. The Hall–Kier alpha value is -2.15. The van der Waals surface area contributed by atoms with Gasteiger partial charge in [-0.2, -0.15) is 4.99 Å². The van der Waals surface area contributed by atoms with Crippen LogP contribution in [0.15, 0.2) is 28.0 Å².